The van der Waals surface area contributed by atoms with Crippen LogP contribution in [-0.4, -0.2) is 58.4 Å². The summed E-state index contributed by atoms with van der Waals surface area (Å²) in [4.78, 5) is 31.5. The molecular formula is C20H31N3O3. The third-order valence-corrected chi connectivity index (χ3v) is 5.73. The predicted octanol–water partition coefficient (Wildman–Crippen LogP) is 3.25. The first kappa shape index (κ1) is 19.0. The maximum Gasteiger partial charge on any atom is 0.327 e. The molecule has 6 nitrogen and oxygen atoms in total. The maximum absolute atomic E-state index is 13.1. The van der Waals surface area contributed by atoms with Gasteiger partial charge in [0.1, 0.15) is 17.1 Å². The van der Waals surface area contributed by atoms with E-state index in [0.717, 1.165) is 37.6 Å². The fraction of sp³-hybridized carbons (Fsp3) is 0.700. The van der Waals surface area contributed by atoms with Gasteiger partial charge in [-0.2, -0.15) is 0 Å². The molecule has 1 aromatic rings. The Labute approximate surface area is 156 Å². The highest BCUT2D eigenvalue weighted by molar-refractivity contribution is 6.07. The molecule has 3 amide bonds. The number of piperidine rings is 1. The van der Waals surface area contributed by atoms with E-state index in [1.165, 1.54) is 4.90 Å². The zero-order chi connectivity index (χ0) is 18.9. The minimum Gasteiger partial charge on any atom is -0.465 e. The Kier molecular flexibility index (Phi) is 5.42. The second-order valence-corrected chi connectivity index (χ2v) is 7.99. The summed E-state index contributed by atoms with van der Waals surface area (Å²) in [6, 6.07) is 3.89. The van der Waals surface area contributed by atoms with E-state index >= 15 is 0 Å². The van der Waals surface area contributed by atoms with Crippen molar-refractivity contribution in [3.8, 4) is 0 Å². The number of amides is 3. The minimum absolute atomic E-state index is 0.00208. The SMILES string of the molecule is CCN1C(=O)N(CCC(C)C)C2(CCN(Cc3ccc(C)o3)CC2)C1=O. The molecule has 0 atom stereocenters. The van der Waals surface area contributed by atoms with E-state index in [1.54, 1.807) is 0 Å². The van der Waals surface area contributed by atoms with E-state index in [1.807, 2.05) is 30.9 Å². The molecule has 1 spiro atoms. The summed E-state index contributed by atoms with van der Waals surface area (Å²) in [5, 5.41) is 0. The number of urea groups is 1. The quantitative estimate of drug-likeness (QED) is 0.730. The van der Waals surface area contributed by atoms with Crippen LogP contribution in [0.2, 0.25) is 0 Å². The number of likely N-dealkylation sites (N-methyl/N-ethyl adjacent to an activating group) is 1. The number of furan rings is 1. The molecule has 2 aliphatic heterocycles. The van der Waals surface area contributed by atoms with Gasteiger partial charge in [0.25, 0.3) is 5.91 Å². The smallest absolute Gasteiger partial charge is 0.327 e. The molecule has 144 valence electrons. The molecule has 2 fully saturated rings. The van der Waals surface area contributed by atoms with Gasteiger partial charge in [-0.15, -0.1) is 0 Å². The number of hydrogen-bond donors (Lipinski definition) is 0. The van der Waals surface area contributed by atoms with Gasteiger partial charge in [0, 0.05) is 26.2 Å². The Bertz CT molecular complexity index is 659. The largest absolute Gasteiger partial charge is 0.465 e. The second kappa shape index (κ2) is 7.43. The fourth-order valence-corrected chi connectivity index (χ4v) is 4.11. The first-order valence-electron chi connectivity index (χ1n) is 9.78. The number of likely N-dealkylation sites (tertiary alicyclic amines) is 1. The van der Waals surface area contributed by atoms with Crippen LogP contribution in [0.4, 0.5) is 4.79 Å². The third kappa shape index (κ3) is 3.39. The van der Waals surface area contributed by atoms with Crippen molar-refractivity contribution in [3.05, 3.63) is 23.7 Å². The van der Waals surface area contributed by atoms with E-state index < -0.39 is 5.54 Å². The molecule has 0 radical (unpaired) electrons. The van der Waals surface area contributed by atoms with Crippen LogP contribution in [-0.2, 0) is 11.3 Å². The van der Waals surface area contributed by atoms with Crippen LogP contribution < -0.4 is 0 Å². The standard InChI is InChI=1S/C20H31N3O3/c1-5-22-18(24)20(23(19(22)25)11-8-15(2)3)9-12-21(13-10-20)14-17-7-6-16(4)26-17/h6-7,15H,5,8-14H2,1-4H3. The molecule has 0 saturated carbocycles. The second-order valence-electron chi connectivity index (χ2n) is 7.99. The van der Waals surface area contributed by atoms with E-state index in [0.29, 0.717) is 31.8 Å². The summed E-state index contributed by atoms with van der Waals surface area (Å²) >= 11 is 0. The van der Waals surface area contributed by atoms with Gasteiger partial charge in [0.2, 0.25) is 0 Å². The van der Waals surface area contributed by atoms with Gasteiger partial charge in [0.15, 0.2) is 0 Å². The van der Waals surface area contributed by atoms with Crippen LogP contribution in [0.1, 0.15) is 51.6 Å². The summed E-state index contributed by atoms with van der Waals surface area (Å²) in [5.41, 5.74) is -0.641. The molecule has 0 unspecified atom stereocenters. The van der Waals surface area contributed by atoms with Crippen molar-refractivity contribution in [2.24, 2.45) is 5.92 Å². The Morgan fingerprint density at radius 3 is 2.42 bits per heavy atom. The monoisotopic (exact) mass is 361 g/mol. The zero-order valence-electron chi connectivity index (χ0n) is 16.5. The highest BCUT2D eigenvalue weighted by Crippen LogP contribution is 2.38. The highest BCUT2D eigenvalue weighted by atomic mass is 16.3. The Hall–Kier alpha value is -1.82. The van der Waals surface area contributed by atoms with E-state index in [4.69, 9.17) is 4.42 Å². The lowest BCUT2D eigenvalue weighted by atomic mass is 9.85. The Balaban J connectivity index is 1.72. The zero-order valence-corrected chi connectivity index (χ0v) is 16.5. The molecule has 26 heavy (non-hydrogen) atoms. The van der Waals surface area contributed by atoms with Gasteiger partial charge in [-0.3, -0.25) is 14.6 Å². The summed E-state index contributed by atoms with van der Waals surface area (Å²) in [7, 11) is 0. The van der Waals surface area contributed by atoms with Crippen molar-refractivity contribution >= 4 is 11.9 Å². The first-order valence-corrected chi connectivity index (χ1v) is 9.78. The summed E-state index contributed by atoms with van der Waals surface area (Å²) in [6.07, 6.45) is 2.32. The van der Waals surface area contributed by atoms with Gasteiger partial charge in [-0.25, -0.2) is 4.79 Å². The maximum atomic E-state index is 13.1. The summed E-state index contributed by atoms with van der Waals surface area (Å²) < 4.78 is 5.68. The van der Waals surface area contributed by atoms with Gasteiger partial charge < -0.3 is 9.32 Å². The van der Waals surface area contributed by atoms with Crippen molar-refractivity contribution in [2.45, 2.75) is 59.0 Å². The molecule has 2 saturated heterocycles. The highest BCUT2D eigenvalue weighted by Gasteiger charge is 2.57. The first-order chi connectivity index (χ1) is 12.4. The summed E-state index contributed by atoms with van der Waals surface area (Å²) in [5.74, 6) is 2.39. The fourth-order valence-electron chi connectivity index (χ4n) is 4.11. The van der Waals surface area contributed by atoms with Crippen molar-refractivity contribution in [1.82, 2.24) is 14.7 Å². The number of imide groups is 1. The van der Waals surface area contributed by atoms with E-state index in [2.05, 4.69) is 18.7 Å². The van der Waals surface area contributed by atoms with Crippen LogP contribution in [0, 0.1) is 12.8 Å². The normalized spacial score (nSPS) is 20.8. The molecule has 0 N–H and O–H groups in total. The summed E-state index contributed by atoms with van der Waals surface area (Å²) in [6.45, 7) is 11.6. The Morgan fingerprint density at radius 1 is 1.19 bits per heavy atom. The molecule has 0 aliphatic carbocycles. The number of carbonyl (C=O) groups is 2. The van der Waals surface area contributed by atoms with Crippen LogP contribution >= 0.6 is 0 Å². The molecule has 1 aromatic heterocycles. The van der Waals surface area contributed by atoms with Crippen LogP contribution in [0.15, 0.2) is 16.5 Å². The van der Waals surface area contributed by atoms with Crippen LogP contribution in [0.5, 0.6) is 0 Å². The van der Waals surface area contributed by atoms with Crippen LogP contribution in [0.3, 0.4) is 0 Å². The van der Waals surface area contributed by atoms with E-state index in [-0.39, 0.29) is 11.9 Å². The molecule has 3 heterocycles. The number of rotatable bonds is 6. The number of nitrogens with zero attached hydrogens (tertiary/aromatic N) is 3. The van der Waals surface area contributed by atoms with Gasteiger partial charge in [-0.1, -0.05) is 13.8 Å². The molecule has 2 aliphatic rings. The van der Waals surface area contributed by atoms with Gasteiger partial charge >= 0.3 is 6.03 Å². The van der Waals surface area contributed by atoms with Crippen molar-refractivity contribution in [2.75, 3.05) is 26.2 Å². The third-order valence-electron chi connectivity index (χ3n) is 5.73. The molecule has 0 aromatic carbocycles. The van der Waals surface area contributed by atoms with Gasteiger partial charge in [0.05, 0.1) is 6.54 Å². The lowest BCUT2D eigenvalue weighted by Crippen LogP contribution is -2.56. The average Bonchev–Trinajstić information content (AvgIpc) is 3.08. The Morgan fingerprint density at radius 2 is 1.88 bits per heavy atom. The lowest BCUT2D eigenvalue weighted by Gasteiger charge is -2.42. The average molecular weight is 361 g/mol. The molecule has 6 heteroatoms. The molecule has 0 bridgehead atoms. The van der Waals surface area contributed by atoms with Crippen molar-refractivity contribution in [3.63, 3.8) is 0 Å². The lowest BCUT2D eigenvalue weighted by molar-refractivity contribution is -0.135. The van der Waals surface area contributed by atoms with E-state index in [9.17, 15) is 9.59 Å². The van der Waals surface area contributed by atoms with Gasteiger partial charge in [-0.05, 0) is 51.2 Å². The predicted molar refractivity (Wildman–Crippen MR) is 99.6 cm³/mol. The number of carbonyl (C=O) groups excluding carboxylic acids is 2. The van der Waals surface area contributed by atoms with Crippen LogP contribution in [0.25, 0.3) is 0 Å². The van der Waals surface area contributed by atoms with Crippen molar-refractivity contribution < 1.29 is 14.0 Å². The topological polar surface area (TPSA) is 57.0 Å². The minimum atomic E-state index is -0.641. The molecule has 3 rings (SSSR count). The van der Waals surface area contributed by atoms with Crippen molar-refractivity contribution in [1.29, 1.82) is 0 Å². The number of aryl methyl sites for hydroxylation is 1. The molecular weight excluding hydrogens is 330 g/mol. The number of hydrogen-bond acceptors (Lipinski definition) is 4.